The van der Waals surface area contributed by atoms with Gasteiger partial charge in [0.2, 0.25) is 0 Å². The molecule has 1 rings (SSSR count). The molecular weight excluding hydrogens is 219 g/mol. The van der Waals surface area contributed by atoms with Crippen LogP contribution in [0.5, 0.6) is 0 Å². The number of hydrogen-bond acceptors (Lipinski definition) is 3. The fraction of sp³-hybridized carbons (Fsp3) is 0.462. The molecule has 92 valence electrons. The van der Waals surface area contributed by atoms with E-state index < -0.39 is 5.82 Å². The van der Waals surface area contributed by atoms with E-state index in [1.54, 1.807) is 19.2 Å². The van der Waals surface area contributed by atoms with Crippen LogP contribution in [0.15, 0.2) is 18.2 Å². The second kappa shape index (κ2) is 7.00. The standard InChI is InChI=1S/C13H17FN2O/c1-3-16(6-7-17-2)10-11-4-5-13(14)12(8-11)9-15/h4-5,8H,3,6-7,10H2,1-2H3. The summed E-state index contributed by atoms with van der Waals surface area (Å²) in [6, 6.07) is 6.51. The molecule has 0 bridgehead atoms. The summed E-state index contributed by atoms with van der Waals surface area (Å²) in [4.78, 5) is 2.18. The second-order valence-corrected chi connectivity index (χ2v) is 3.79. The average Bonchev–Trinajstić information content (AvgIpc) is 2.36. The van der Waals surface area contributed by atoms with Crippen LogP contribution >= 0.6 is 0 Å². The van der Waals surface area contributed by atoms with Crippen LogP contribution in [0.25, 0.3) is 0 Å². The molecule has 17 heavy (non-hydrogen) atoms. The minimum atomic E-state index is -0.462. The summed E-state index contributed by atoms with van der Waals surface area (Å²) >= 11 is 0. The first-order valence-corrected chi connectivity index (χ1v) is 5.61. The third-order valence-corrected chi connectivity index (χ3v) is 2.62. The fourth-order valence-corrected chi connectivity index (χ4v) is 1.58. The van der Waals surface area contributed by atoms with E-state index in [0.29, 0.717) is 13.2 Å². The Labute approximate surface area is 101 Å². The van der Waals surface area contributed by atoms with Crippen LogP contribution in [0.3, 0.4) is 0 Å². The monoisotopic (exact) mass is 236 g/mol. The number of benzene rings is 1. The molecule has 1 aromatic carbocycles. The van der Waals surface area contributed by atoms with Gasteiger partial charge in [0.1, 0.15) is 11.9 Å². The van der Waals surface area contributed by atoms with Gasteiger partial charge in [-0.2, -0.15) is 5.26 Å². The number of hydrogen-bond donors (Lipinski definition) is 0. The number of rotatable bonds is 6. The van der Waals surface area contributed by atoms with Crippen LogP contribution in [0.4, 0.5) is 4.39 Å². The molecular formula is C13H17FN2O. The number of halogens is 1. The first-order valence-electron chi connectivity index (χ1n) is 5.61. The molecule has 0 aliphatic rings. The fourth-order valence-electron chi connectivity index (χ4n) is 1.58. The Morgan fingerprint density at radius 3 is 2.82 bits per heavy atom. The molecule has 0 N–H and O–H groups in total. The third-order valence-electron chi connectivity index (χ3n) is 2.62. The van der Waals surface area contributed by atoms with Crippen molar-refractivity contribution in [2.75, 3.05) is 26.8 Å². The normalized spacial score (nSPS) is 10.5. The summed E-state index contributed by atoms with van der Waals surface area (Å²) in [5.41, 5.74) is 1.05. The zero-order valence-corrected chi connectivity index (χ0v) is 10.2. The largest absolute Gasteiger partial charge is 0.383 e. The van der Waals surface area contributed by atoms with Gasteiger partial charge in [-0.15, -0.1) is 0 Å². The van der Waals surface area contributed by atoms with E-state index in [4.69, 9.17) is 10.00 Å². The Balaban J connectivity index is 2.70. The number of methoxy groups -OCH3 is 1. The molecule has 0 aromatic heterocycles. The molecule has 0 radical (unpaired) electrons. The van der Waals surface area contributed by atoms with Gasteiger partial charge in [-0.3, -0.25) is 4.90 Å². The van der Waals surface area contributed by atoms with Gasteiger partial charge < -0.3 is 4.74 Å². The van der Waals surface area contributed by atoms with Gasteiger partial charge in [0.05, 0.1) is 12.2 Å². The van der Waals surface area contributed by atoms with E-state index in [-0.39, 0.29) is 5.56 Å². The molecule has 0 amide bonds. The number of ether oxygens (including phenoxy) is 1. The van der Waals surface area contributed by atoms with Crippen molar-refractivity contribution in [3.63, 3.8) is 0 Å². The van der Waals surface area contributed by atoms with Crippen molar-refractivity contribution in [1.29, 1.82) is 5.26 Å². The molecule has 0 spiro atoms. The van der Waals surface area contributed by atoms with Crippen LogP contribution < -0.4 is 0 Å². The quantitative estimate of drug-likeness (QED) is 0.759. The summed E-state index contributed by atoms with van der Waals surface area (Å²) in [6.45, 7) is 5.15. The molecule has 0 atom stereocenters. The molecule has 0 saturated carbocycles. The van der Waals surface area contributed by atoms with Crippen molar-refractivity contribution in [3.8, 4) is 6.07 Å². The van der Waals surface area contributed by atoms with E-state index in [9.17, 15) is 4.39 Å². The van der Waals surface area contributed by atoms with E-state index in [1.807, 2.05) is 6.07 Å². The maximum Gasteiger partial charge on any atom is 0.140 e. The van der Waals surface area contributed by atoms with Gasteiger partial charge in [-0.05, 0) is 24.2 Å². The van der Waals surface area contributed by atoms with Gasteiger partial charge in [0.15, 0.2) is 0 Å². The zero-order chi connectivity index (χ0) is 12.7. The van der Waals surface area contributed by atoms with E-state index in [2.05, 4.69) is 11.8 Å². The average molecular weight is 236 g/mol. The van der Waals surface area contributed by atoms with Crippen molar-refractivity contribution in [3.05, 3.63) is 35.1 Å². The van der Waals surface area contributed by atoms with E-state index in [0.717, 1.165) is 18.7 Å². The van der Waals surface area contributed by atoms with Crippen LogP contribution in [0.1, 0.15) is 18.1 Å². The van der Waals surface area contributed by atoms with Gasteiger partial charge in [-0.1, -0.05) is 13.0 Å². The smallest absolute Gasteiger partial charge is 0.140 e. The molecule has 0 unspecified atom stereocenters. The Bertz CT molecular complexity index is 401. The molecule has 0 aliphatic carbocycles. The third kappa shape index (κ3) is 4.14. The summed E-state index contributed by atoms with van der Waals surface area (Å²) in [5, 5.41) is 8.75. The highest BCUT2D eigenvalue weighted by molar-refractivity contribution is 5.34. The van der Waals surface area contributed by atoms with Crippen molar-refractivity contribution in [2.24, 2.45) is 0 Å². The van der Waals surface area contributed by atoms with E-state index >= 15 is 0 Å². The lowest BCUT2D eigenvalue weighted by Gasteiger charge is -2.20. The molecule has 4 heteroatoms. The Hall–Kier alpha value is -1.44. The van der Waals surface area contributed by atoms with E-state index in [1.165, 1.54) is 6.07 Å². The lowest BCUT2D eigenvalue weighted by molar-refractivity contribution is 0.147. The SMILES string of the molecule is CCN(CCOC)Cc1ccc(F)c(C#N)c1. The molecule has 1 aromatic rings. The highest BCUT2D eigenvalue weighted by Gasteiger charge is 2.06. The highest BCUT2D eigenvalue weighted by Crippen LogP contribution is 2.11. The predicted molar refractivity (Wildman–Crippen MR) is 63.9 cm³/mol. The topological polar surface area (TPSA) is 36.3 Å². The lowest BCUT2D eigenvalue weighted by Crippen LogP contribution is -2.26. The van der Waals surface area contributed by atoms with Gasteiger partial charge >= 0.3 is 0 Å². The van der Waals surface area contributed by atoms with Crippen LogP contribution in [0, 0.1) is 17.1 Å². The summed E-state index contributed by atoms with van der Waals surface area (Å²) in [6.07, 6.45) is 0. The minimum Gasteiger partial charge on any atom is -0.383 e. The highest BCUT2D eigenvalue weighted by atomic mass is 19.1. The number of nitriles is 1. The molecule has 0 fully saturated rings. The predicted octanol–water partition coefficient (Wildman–Crippen LogP) is 2.17. The Kier molecular flexibility index (Phi) is 5.61. The number of likely N-dealkylation sites (N-methyl/N-ethyl adjacent to an activating group) is 1. The van der Waals surface area contributed by atoms with Crippen LogP contribution in [-0.2, 0) is 11.3 Å². The maximum atomic E-state index is 13.1. The zero-order valence-electron chi connectivity index (χ0n) is 10.2. The van der Waals surface area contributed by atoms with Crippen LogP contribution in [0.2, 0.25) is 0 Å². The molecule has 0 aliphatic heterocycles. The molecule has 0 heterocycles. The first-order chi connectivity index (χ1) is 8.21. The lowest BCUT2D eigenvalue weighted by atomic mass is 10.1. The Morgan fingerprint density at radius 2 is 2.24 bits per heavy atom. The van der Waals surface area contributed by atoms with Crippen molar-refractivity contribution in [2.45, 2.75) is 13.5 Å². The number of nitrogens with zero attached hydrogens (tertiary/aromatic N) is 2. The summed E-state index contributed by atoms with van der Waals surface area (Å²) < 4.78 is 18.2. The van der Waals surface area contributed by atoms with Crippen molar-refractivity contribution < 1.29 is 9.13 Å². The second-order valence-electron chi connectivity index (χ2n) is 3.79. The van der Waals surface area contributed by atoms with Crippen LogP contribution in [-0.4, -0.2) is 31.7 Å². The van der Waals surface area contributed by atoms with Gasteiger partial charge in [0, 0.05) is 20.2 Å². The maximum absolute atomic E-state index is 13.1. The minimum absolute atomic E-state index is 0.102. The molecule has 3 nitrogen and oxygen atoms in total. The Morgan fingerprint density at radius 1 is 1.47 bits per heavy atom. The van der Waals surface area contributed by atoms with Gasteiger partial charge in [-0.25, -0.2) is 4.39 Å². The van der Waals surface area contributed by atoms with Crippen molar-refractivity contribution >= 4 is 0 Å². The summed E-state index contributed by atoms with van der Waals surface area (Å²) in [5.74, 6) is -0.462. The van der Waals surface area contributed by atoms with Gasteiger partial charge in [0.25, 0.3) is 0 Å². The molecule has 0 saturated heterocycles. The first kappa shape index (κ1) is 13.6. The summed E-state index contributed by atoms with van der Waals surface area (Å²) in [7, 11) is 1.67. The van der Waals surface area contributed by atoms with Crippen molar-refractivity contribution in [1.82, 2.24) is 4.90 Å².